The zero-order chi connectivity index (χ0) is 21.3. The van der Waals surface area contributed by atoms with Crippen molar-refractivity contribution in [3.63, 3.8) is 0 Å². The lowest BCUT2D eigenvalue weighted by Crippen LogP contribution is -2.30. The molecule has 5 nitrogen and oxygen atoms in total. The SMILES string of the molecule is CC(Oc1ccc(Cl)cc1Cl)C(=O)Nc1ccc(OCCOc2ccccc2)cc1. The quantitative estimate of drug-likeness (QED) is 0.419. The first kappa shape index (κ1) is 21.8. The van der Waals surface area contributed by atoms with Crippen molar-refractivity contribution in [1.82, 2.24) is 0 Å². The molecule has 0 aliphatic carbocycles. The average Bonchev–Trinajstić information content (AvgIpc) is 2.75. The Labute approximate surface area is 185 Å². The van der Waals surface area contributed by atoms with Gasteiger partial charge in [-0.15, -0.1) is 0 Å². The number of benzene rings is 3. The van der Waals surface area contributed by atoms with Gasteiger partial charge in [0.2, 0.25) is 0 Å². The minimum Gasteiger partial charge on any atom is -0.490 e. The number of hydrogen-bond donors (Lipinski definition) is 1. The fourth-order valence-electron chi connectivity index (χ4n) is 2.53. The van der Waals surface area contributed by atoms with Crippen LogP contribution in [-0.4, -0.2) is 25.2 Å². The first-order chi connectivity index (χ1) is 14.5. The smallest absolute Gasteiger partial charge is 0.265 e. The van der Waals surface area contributed by atoms with E-state index < -0.39 is 6.10 Å². The van der Waals surface area contributed by atoms with Gasteiger partial charge in [-0.1, -0.05) is 41.4 Å². The normalized spacial score (nSPS) is 11.4. The molecule has 0 aliphatic heterocycles. The molecule has 3 rings (SSSR count). The minimum absolute atomic E-state index is 0.300. The second-order valence-corrected chi connectivity index (χ2v) is 7.20. The lowest BCUT2D eigenvalue weighted by Gasteiger charge is -2.16. The van der Waals surface area contributed by atoms with Gasteiger partial charge in [0.1, 0.15) is 30.5 Å². The number of ether oxygens (including phenoxy) is 3. The van der Waals surface area contributed by atoms with Gasteiger partial charge in [-0.3, -0.25) is 4.79 Å². The number of amides is 1. The Bertz CT molecular complexity index is 965. The van der Waals surface area contributed by atoms with Crippen molar-refractivity contribution in [3.8, 4) is 17.2 Å². The Morgan fingerprint density at radius 2 is 1.53 bits per heavy atom. The Kier molecular flexibility index (Phi) is 7.82. The van der Waals surface area contributed by atoms with Crippen LogP contribution in [0.15, 0.2) is 72.8 Å². The molecule has 1 amide bonds. The van der Waals surface area contributed by atoms with Gasteiger partial charge in [-0.05, 0) is 61.5 Å². The Hall–Kier alpha value is -2.89. The van der Waals surface area contributed by atoms with E-state index in [9.17, 15) is 4.79 Å². The summed E-state index contributed by atoms with van der Waals surface area (Å²) < 4.78 is 16.8. The topological polar surface area (TPSA) is 56.8 Å². The fraction of sp³-hybridized carbons (Fsp3) is 0.174. The van der Waals surface area contributed by atoms with Crippen molar-refractivity contribution in [2.24, 2.45) is 0 Å². The molecular weight excluding hydrogens is 425 g/mol. The number of carbonyl (C=O) groups excluding carboxylic acids is 1. The third kappa shape index (κ3) is 6.58. The van der Waals surface area contributed by atoms with Gasteiger partial charge >= 0.3 is 0 Å². The number of para-hydroxylation sites is 1. The first-order valence-electron chi connectivity index (χ1n) is 9.34. The van der Waals surface area contributed by atoms with Gasteiger partial charge in [0.25, 0.3) is 5.91 Å². The predicted molar refractivity (Wildman–Crippen MR) is 119 cm³/mol. The highest BCUT2D eigenvalue weighted by atomic mass is 35.5. The lowest BCUT2D eigenvalue weighted by atomic mass is 10.2. The highest BCUT2D eigenvalue weighted by Gasteiger charge is 2.16. The van der Waals surface area contributed by atoms with Crippen molar-refractivity contribution in [1.29, 1.82) is 0 Å². The average molecular weight is 446 g/mol. The molecule has 1 atom stereocenters. The Morgan fingerprint density at radius 1 is 0.900 bits per heavy atom. The van der Waals surface area contributed by atoms with E-state index in [1.54, 1.807) is 49.4 Å². The van der Waals surface area contributed by atoms with Gasteiger partial charge in [0.05, 0.1) is 5.02 Å². The molecule has 1 N–H and O–H groups in total. The zero-order valence-corrected chi connectivity index (χ0v) is 17.8. The predicted octanol–water partition coefficient (Wildman–Crippen LogP) is 5.86. The molecule has 0 aromatic heterocycles. The molecule has 0 bridgehead atoms. The summed E-state index contributed by atoms with van der Waals surface area (Å²) >= 11 is 11.9. The monoisotopic (exact) mass is 445 g/mol. The van der Waals surface area contributed by atoms with Gasteiger partial charge < -0.3 is 19.5 Å². The maximum absolute atomic E-state index is 12.4. The summed E-state index contributed by atoms with van der Waals surface area (Å²) in [6.45, 7) is 2.49. The van der Waals surface area contributed by atoms with Crippen LogP contribution in [0.1, 0.15) is 6.92 Å². The maximum Gasteiger partial charge on any atom is 0.265 e. The van der Waals surface area contributed by atoms with E-state index in [-0.39, 0.29) is 5.91 Å². The van der Waals surface area contributed by atoms with E-state index in [0.717, 1.165) is 5.75 Å². The van der Waals surface area contributed by atoms with Crippen molar-refractivity contribution in [3.05, 3.63) is 82.8 Å². The Balaban J connectivity index is 1.44. The molecule has 1 unspecified atom stereocenters. The van der Waals surface area contributed by atoms with E-state index in [0.29, 0.717) is 40.4 Å². The zero-order valence-electron chi connectivity index (χ0n) is 16.3. The fourth-order valence-corrected chi connectivity index (χ4v) is 2.98. The molecule has 0 heterocycles. The van der Waals surface area contributed by atoms with Gasteiger partial charge in [-0.2, -0.15) is 0 Å². The van der Waals surface area contributed by atoms with Gasteiger partial charge in [0.15, 0.2) is 6.10 Å². The molecule has 0 radical (unpaired) electrons. The summed E-state index contributed by atoms with van der Waals surface area (Å²) in [7, 11) is 0. The summed E-state index contributed by atoms with van der Waals surface area (Å²) in [6, 6.07) is 21.5. The summed E-state index contributed by atoms with van der Waals surface area (Å²) in [6.07, 6.45) is -0.741. The van der Waals surface area contributed by atoms with Crippen LogP contribution >= 0.6 is 23.2 Å². The van der Waals surface area contributed by atoms with E-state index in [4.69, 9.17) is 37.4 Å². The minimum atomic E-state index is -0.741. The lowest BCUT2D eigenvalue weighted by molar-refractivity contribution is -0.122. The molecule has 30 heavy (non-hydrogen) atoms. The molecule has 7 heteroatoms. The van der Waals surface area contributed by atoms with Crippen LogP contribution in [-0.2, 0) is 4.79 Å². The highest BCUT2D eigenvalue weighted by molar-refractivity contribution is 6.35. The summed E-state index contributed by atoms with van der Waals surface area (Å²) in [4.78, 5) is 12.4. The molecule has 3 aromatic carbocycles. The molecule has 0 fully saturated rings. The third-order valence-electron chi connectivity index (χ3n) is 4.05. The van der Waals surface area contributed by atoms with Crippen molar-refractivity contribution < 1.29 is 19.0 Å². The second-order valence-electron chi connectivity index (χ2n) is 6.36. The highest BCUT2D eigenvalue weighted by Crippen LogP contribution is 2.28. The van der Waals surface area contributed by atoms with Crippen LogP contribution in [0.4, 0.5) is 5.69 Å². The van der Waals surface area contributed by atoms with Crippen molar-refractivity contribution in [2.45, 2.75) is 13.0 Å². The second kappa shape index (κ2) is 10.8. The molecule has 156 valence electrons. The molecule has 0 saturated carbocycles. The number of anilines is 1. The number of carbonyl (C=O) groups is 1. The van der Waals surface area contributed by atoms with Crippen LogP contribution in [0, 0.1) is 0 Å². The standard InChI is InChI=1S/C23H21Cl2NO4/c1-16(30-22-12-7-17(24)15-21(22)25)23(27)26-18-8-10-20(11-9-18)29-14-13-28-19-5-3-2-4-6-19/h2-12,15-16H,13-14H2,1H3,(H,26,27). The number of rotatable bonds is 9. The number of hydrogen-bond acceptors (Lipinski definition) is 4. The van der Waals surface area contributed by atoms with E-state index in [2.05, 4.69) is 5.32 Å². The Morgan fingerprint density at radius 3 is 2.17 bits per heavy atom. The molecule has 0 aliphatic rings. The van der Waals surface area contributed by atoms with Crippen molar-refractivity contribution >= 4 is 34.8 Å². The van der Waals surface area contributed by atoms with E-state index in [1.807, 2.05) is 30.3 Å². The van der Waals surface area contributed by atoms with Crippen molar-refractivity contribution in [2.75, 3.05) is 18.5 Å². The molecule has 3 aromatic rings. The number of nitrogens with one attached hydrogen (secondary N) is 1. The largest absolute Gasteiger partial charge is 0.490 e. The van der Waals surface area contributed by atoms with Crippen LogP contribution in [0.5, 0.6) is 17.2 Å². The number of halogens is 2. The van der Waals surface area contributed by atoms with Crippen LogP contribution in [0.3, 0.4) is 0 Å². The third-order valence-corrected chi connectivity index (χ3v) is 4.58. The molecule has 0 saturated heterocycles. The molecule has 0 spiro atoms. The summed E-state index contributed by atoms with van der Waals surface area (Å²) in [5, 5.41) is 3.64. The van der Waals surface area contributed by atoms with E-state index >= 15 is 0 Å². The first-order valence-corrected chi connectivity index (χ1v) is 10.1. The molecular formula is C23H21Cl2NO4. The maximum atomic E-state index is 12.4. The van der Waals surface area contributed by atoms with E-state index in [1.165, 1.54) is 0 Å². The van der Waals surface area contributed by atoms with Crippen LogP contribution < -0.4 is 19.5 Å². The summed E-state index contributed by atoms with van der Waals surface area (Å²) in [5.74, 6) is 1.58. The summed E-state index contributed by atoms with van der Waals surface area (Å²) in [5.41, 5.74) is 0.630. The van der Waals surface area contributed by atoms with Crippen LogP contribution in [0.2, 0.25) is 10.0 Å². The van der Waals surface area contributed by atoms with Gasteiger partial charge in [0, 0.05) is 10.7 Å². The van der Waals surface area contributed by atoms with Crippen LogP contribution in [0.25, 0.3) is 0 Å². The van der Waals surface area contributed by atoms with Gasteiger partial charge in [-0.25, -0.2) is 0 Å².